The van der Waals surface area contributed by atoms with Gasteiger partial charge < -0.3 is 4.74 Å². The molecule has 0 aliphatic heterocycles. The lowest BCUT2D eigenvalue weighted by Crippen LogP contribution is -2.31. The van der Waals surface area contributed by atoms with E-state index in [9.17, 15) is 8.42 Å². The maximum absolute atomic E-state index is 12.6. The molecule has 1 unspecified atom stereocenters. The molecule has 0 spiro atoms. The molecule has 1 atom stereocenters. The number of nitrogens with one attached hydrogen (secondary N) is 1. The standard InChI is InChI=1S/C17H19NO3S/c1-21-14-9-11-15(12-10-14)22(19,20)18-17-8-4-6-13-5-2-3-7-16(13)17/h2-3,5,7,9-12,17-18H,4,6,8H2,1H3. The average Bonchev–Trinajstić information content (AvgIpc) is 2.55. The van der Waals surface area contributed by atoms with E-state index in [-0.39, 0.29) is 10.9 Å². The zero-order valence-electron chi connectivity index (χ0n) is 12.5. The summed E-state index contributed by atoms with van der Waals surface area (Å²) in [4.78, 5) is 0.261. The molecule has 0 saturated heterocycles. The lowest BCUT2D eigenvalue weighted by Gasteiger charge is -2.26. The quantitative estimate of drug-likeness (QED) is 0.943. The van der Waals surface area contributed by atoms with Crippen molar-refractivity contribution in [3.63, 3.8) is 0 Å². The Kier molecular flexibility index (Phi) is 4.18. The molecule has 0 saturated carbocycles. The van der Waals surface area contributed by atoms with Crippen molar-refractivity contribution in [2.45, 2.75) is 30.2 Å². The smallest absolute Gasteiger partial charge is 0.241 e. The summed E-state index contributed by atoms with van der Waals surface area (Å²) in [6, 6.07) is 14.3. The molecule has 22 heavy (non-hydrogen) atoms. The van der Waals surface area contributed by atoms with Crippen molar-refractivity contribution in [1.82, 2.24) is 4.72 Å². The third-order valence-electron chi connectivity index (χ3n) is 4.04. The molecule has 2 aromatic carbocycles. The van der Waals surface area contributed by atoms with Gasteiger partial charge in [0.15, 0.2) is 0 Å². The second-order valence-electron chi connectivity index (χ2n) is 5.44. The van der Waals surface area contributed by atoms with Gasteiger partial charge in [0.2, 0.25) is 10.0 Å². The van der Waals surface area contributed by atoms with E-state index >= 15 is 0 Å². The van der Waals surface area contributed by atoms with Crippen LogP contribution in [0.25, 0.3) is 0 Å². The first-order chi connectivity index (χ1) is 10.6. The number of benzene rings is 2. The molecular weight excluding hydrogens is 298 g/mol. The van der Waals surface area contributed by atoms with E-state index in [0.29, 0.717) is 5.75 Å². The fraction of sp³-hybridized carbons (Fsp3) is 0.294. The Balaban J connectivity index is 1.86. The Bertz CT molecular complexity index is 754. The van der Waals surface area contributed by atoms with Crippen molar-refractivity contribution in [2.75, 3.05) is 7.11 Å². The largest absolute Gasteiger partial charge is 0.497 e. The molecule has 5 heteroatoms. The maximum Gasteiger partial charge on any atom is 0.241 e. The summed E-state index contributed by atoms with van der Waals surface area (Å²) in [6.45, 7) is 0. The van der Waals surface area contributed by atoms with Crippen LogP contribution in [0.2, 0.25) is 0 Å². The fourth-order valence-corrected chi connectivity index (χ4v) is 4.14. The summed E-state index contributed by atoms with van der Waals surface area (Å²) in [7, 11) is -1.98. The fourth-order valence-electron chi connectivity index (χ4n) is 2.89. The lowest BCUT2D eigenvalue weighted by molar-refractivity contribution is 0.414. The van der Waals surface area contributed by atoms with Crippen LogP contribution in [0, 0.1) is 0 Å². The zero-order chi connectivity index (χ0) is 15.6. The highest BCUT2D eigenvalue weighted by Crippen LogP contribution is 2.30. The lowest BCUT2D eigenvalue weighted by atomic mass is 9.88. The second-order valence-corrected chi connectivity index (χ2v) is 7.15. The van der Waals surface area contributed by atoms with E-state index in [2.05, 4.69) is 10.8 Å². The third kappa shape index (κ3) is 3.00. The predicted octanol–water partition coefficient (Wildman–Crippen LogP) is 3.05. The summed E-state index contributed by atoms with van der Waals surface area (Å²) in [6.07, 6.45) is 2.83. The summed E-state index contributed by atoms with van der Waals surface area (Å²) >= 11 is 0. The molecule has 116 valence electrons. The molecule has 0 aromatic heterocycles. The van der Waals surface area contributed by atoms with Crippen LogP contribution in [0.1, 0.15) is 30.0 Å². The molecular formula is C17H19NO3S. The van der Waals surface area contributed by atoms with Crippen LogP contribution >= 0.6 is 0 Å². The van der Waals surface area contributed by atoms with Crippen LogP contribution in [0.4, 0.5) is 0 Å². The summed E-state index contributed by atoms with van der Waals surface area (Å²) in [5.74, 6) is 0.641. The van der Waals surface area contributed by atoms with Crippen molar-refractivity contribution in [1.29, 1.82) is 0 Å². The van der Waals surface area contributed by atoms with E-state index in [4.69, 9.17) is 4.74 Å². The van der Waals surface area contributed by atoms with E-state index < -0.39 is 10.0 Å². The van der Waals surface area contributed by atoms with Crippen LogP contribution in [-0.4, -0.2) is 15.5 Å². The highest BCUT2D eigenvalue weighted by Gasteiger charge is 2.25. The maximum atomic E-state index is 12.6. The topological polar surface area (TPSA) is 55.4 Å². The Morgan fingerprint density at radius 1 is 1.09 bits per heavy atom. The van der Waals surface area contributed by atoms with Gasteiger partial charge in [-0.2, -0.15) is 0 Å². The second kappa shape index (κ2) is 6.10. The first-order valence-electron chi connectivity index (χ1n) is 7.34. The molecule has 0 fully saturated rings. The number of rotatable bonds is 4. The molecule has 1 N–H and O–H groups in total. The third-order valence-corrected chi connectivity index (χ3v) is 5.52. The average molecular weight is 317 g/mol. The van der Waals surface area contributed by atoms with E-state index in [1.165, 1.54) is 5.56 Å². The number of sulfonamides is 1. The molecule has 3 rings (SSSR count). The van der Waals surface area contributed by atoms with Gasteiger partial charge in [0.05, 0.1) is 12.0 Å². The van der Waals surface area contributed by atoms with Gasteiger partial charge in [0.25, 0.3) is 0 Å². The number of ether oxygens (including phenoxy) is 1. The molecule has 0 bridgehead atoms. The zero-order valence-corrected chi connectivity index (χ0v) is 13.3. The number of hydrogen-bond donors (Lipinski definition) is 1. The minimum absolute atomic E-state index is 0.156. The Hall–Kier alpha value is -1.85. The van der Waals surface area contributed by atoms with Crippen molar-refractivity contribution in [3.8, 4) is 5.75 Å². The van der Waals surface area contributed by atoms with Gasteiger partial charge >= 0.3 is 0 Å². The molecule has 1 aliphatic rings. The van der Waals surface area contributed by atoms with Gasteiger partial charge in [-0.25, -0.2) is 13.1 Å². The monoisotopic (exact) mass is 317 g/mol. The summed E-state index contributed by atoms with van der Waals surface area (Å²) in [5.41, 5.74) is 2.32. The molecule has 1 aliphatic carbocycles. The van der Waals surface area contributed by atoms with Gasteiger partial charge in [0, 0.05) is 6.04 Å². The van der Waals surface area contributed by atoms with E-state index in [0.717, 1.165) is 24.8 Å². The SMILES string of the molecule is COc1ccc(S(=O)(=O)NC2CCCc3ccccc32)cc1. The molecule has 0 heterocycles. The highest BCUT2D eigenvalue weighted by molar-refractivity contribution is 7.89. The van der Waals surface area contributed by atoms with E-state index in [1.54, 1.807) is 31.4 Å². The minimum atomic E-state index is -3.53. The van der Waals surface area contributed by atoms with Gasteiger partial charge in [0.1, 0.15) is 5.75 Å². The van der Waals surface area contributed by atoms with Crippen molar-refractivity contribution < 1.29 is 13.2 Å². The minimum Gasteiger partial charge on any atom is -0.497 e. The van der Waals surface area contributed by atoms with Crippen LogP contribution < -0.4 is 9.46 Å². The van der Waals surface area contributed by atoms with Gasteiger partial charge in [-0.3, -0.25) is 0 Å². The van der Waals surface area contributed by atoms with Gasteiger partial charge in [-0.05, 0) is 54.7 Å². The summed E-state index contributed by atoms with van der Waals surface area (Å²) < 4.78 is 33.0. The predicted molar refractivity (Wildman–Crippen MR) is 85.4 cm³/mol. The molecule has 0 amide bonds. The highest BCUT2D eigenvalue weighted by atomic mass is 32.2. The van der Waals surface area contributed by atoms with Crippen LogP contribution in [0.15, 0.2) is 53.4 Å². The number of aryl methyl sites for hydroxylation is 1. The van der Waals surface area contributed by atoms with E-state index in [1.807, 2.05) is 18.2 Å². The van der Waals surface area contributed by atoms with Crippen LogP contribution in [0.3, 0.4) is 0 Å². The first kappa shape index (κ1) is 15.1. The Morgan fingerprint density at radius 3 is 2.55 bits per heavy atom. The molecule has 0 radical (unpaired) electrons. The Morgan fingerprint density at radius 2 is 1.82 bits per heavy atom. The first-order valence-corrected chi connectivity index (χ1v) is 8.82. The van der Waals surface area contributed by atoms with Crippen molar-refractivity contribution in [2.24, 2.45) is 0 Å². The van der Waals surface area contributed by atoms with Crippen molar-refractivity contribution in [3.05, 3.63) is 59.7 Å². The Labute approximate surface area is 131 Å². The van der Waals surface area contributed by atoms with Crippen molar-refractivity contribution >= 4 is 10.0 Å². The number of hydrogen-bond acceptors (Lipinski definition) is 3. The summed E-state index contributed by atoms with van der Waals surface area (Å²) in [5, 5.41) is 0. The van der Waals surface area contributed by atoms with Gasteiger partial charge in [-0.1, -0.05) is 24.3 Å². The number of methoxy groups -OCH3 is 1. The molecule has 2 aromatic rings. The molecule has 4 nitrogen and oxygen atoms in total. The number of fused-ring (bicyclic) bond motifs is 1. The van der Waals surface area contributed by atoms with Crippen LogP contribution in [-0.2, 0) is 16.4 Å². The van der Waals surface area contributed by atoms with Gasteiger partial charge in [-0.15, -0.1) is 0 Å². The van der Waals surface area contributed by atoms with Crippen LogP contribution in [0.5, 0.6) is 5.75 Å². The normalized spacial score (nSPS) is 17.8.